The van der Waals surface area contributed by atoms with Gasteiger partial charge in [0.25, 0.3) is 0 Å². The van der Waals surface area contributed by atoms with Crippen molar-refractivity contribution in [3.05, 3.63) is 12.2 Å². The van der Waals surface area contributed by atoms with Crippen molar-refractivity contribution in [1.29, 1.82) is 0 Å². The molecule has 0 aromatic heterocycles. The van der Waals surface area contributed by atoms with Crippen LogP contribution in [-0.2, 0) is 0 Å². The fraction of sp³-hybridized carbons (Fsp3) is 0.714. The molecule has 0 atom stereocenters. The van der Waals surface area contributed by atoms with Gasteiger partial charge in [-0.2, -0.15) is 12.6 Å². The van der Waals surface area contributed by atoms with E-state index in [1.165, 1.54) is 0 Å². The van der Waals surface area contributed by atoms with Crippen molar-refractivity contribution in [2.45, 2.75) is 0 Å². The lowest BCUT2D eigenvalue weighted by atomic mass is 10.3. The number of aliphatic hydroxyl groups excluding tert-OH is 1. The van der Waals surface area contributed by atoms with Gasteiger partial charge in [-0.15, -0.1) is 0 Å². The fourth-order valence-electron chi connectivity index (χ4n) is 0.681. The minimum atomic E-state index is 0.205. The van der Waals surface area contributed by atoms with Crippen LogP contribution >= 0.6 is 12.6 Å². The van der Waals surface area contributed by atoms with Crippen LogP contribution in [0.3, 0.4) is 0 Å². The Bertz CT molecular complexity index is 106. The summed E-state index contributed by atoms with van der Waals surface area (Å²) in [5.41, 5.74) is 1.08. The second-order valence-electron chi connectivity index (χ2n) is 2.37. The summed E-state index contributed by atoms with van der Waals surface area (Å²) in [7, 11) is 1.95. The van der Waals surface area contributed by atoms with Gasteiger partial charge in [-0.05, 0) is 7.05 Å². The highest BCUT2D eigenvalue weighted by molar-refractivity contribution is 7.80. The van der Waals surface area contributed by atoms with Crippen LogP contribution in [0.5, 0.6) is 0 Å². The zero-order valence-corrected chi connectivity index (χ0v) is 7.27. The average molecular weight is 161 g/mol. The molecule has 0 unspecified atom stereocenters. The molecule has 0 aliphatic heterocycles. The molecule has 0 saturated heterocycles. The zero-order chi connectivity index (χ0) is 7.98. The summed E-state index contributed by atoms with van der Waals surface area (Å²) in [6, 6.07) is 0. The molecule has 0 amide bonds. The maximum atomic E-state index is 8.53. The number of rotatable bonds is 5. The largest absolute Gasteiger partial charge is 0.395 e. The third-order valence-corrected chi connectivity index (χ3v) is 1.65. The molecule has 0 rings (SSSR count). The van der Waals surface area contributed by atoms with Crippen LogP contribution in [0.2, 0.25) is 0 Å². The molecule has 0 saturated carbocycles. The number of thiol groups is 1. The van der Waals surface area contributed by atoms with Gasteiger partial charge in [-0.1, -0.05) is 12.2 Å². The van der Waals surface area contributed by atoms with E-state index in [1.807, 2.05) is 11.9 Å². The summed E-state index contributed by atoms with van der Waals surface area (Å²) >= 11 is 4.07. The summed E-state index contributed by atoms with van der Waals surface area (Å²) in [5, 5.41) is 8.53. The minimum absolute atomic E-state index is 0.205. The van der Waals surface area contributed by atoms with E-state index in [4.69, 9.17) is 5.11 Å². The normalized spacial score (nSPS) is 10.4. The first-order valence-electron chi connectivity index (χ1n) is 3.27. The monoisotopic (exact) mass is 161 g/mol. The first-order valence-corrected chi connectivity index (χ1v) is 3.91. The van der Waals surface area contributed by atoms with Gasteiger partial charge in [0.1, 0.15) is 0 Å². The Morgan fingerprint density at radius 2 is 2.30 bits per heavy atom. The summed E-state index contributed by atoms with van der Waals surface area (Å²) in [6.45, 7) is 5.53. The molecule has 0 aliphatic rings. The van der Waals surface area contributed by atoms with E-state index in [9.17, 15) is 0 Å². The van der Waals surface area contributed by atoms with Crippen LogP contribution < -0.4 is 0 Å². The van der Waals surface area contributed by atoms with Crippen LogP contribution in [0.15, 0.2) is 12.2 Å². The maximum absolute atomic E-state index is 8.53. The van der Waals surface area contributed by atoms with E-state index >= 15 is 0 Å². The lowest BCUT2D eigenvalue weighted by molar-refractivity contribution is 0.230. The Kier molecular flexibility index (Phi) is 5.78. The number of likely N-dealkylation sites (N-methyl/N-ethyl adjacent to an activating group) is 1. The zero-order valence-electron chi connectivity index (χ0n) is 6.38. The second-order valence-corrected chi connectivity index (χ2v) is 2.69. The molecule has 0 heterocycles. The standard InChI is InChI=1S/C7H15NOS/c1-7(6-10)5-8(2)3-4-9/h9-10H,1,3-6H2,2H3. The Hall–Kier alpha value is 0.01000. The molecule has 0 aromatic carbocycles. The van der Waals surface area contributed by atoms with E-state index in [1.54, 1.807) is 0 Å². The summed E-state index contributed by atoms with van der Waals surface area (Å²) in [4.78, 5) is 2.01. The average Bonchev–Trinajstić information content (AvgIpc) is 1.88. The first-order chi connectivity index (χ1) is 4.70. The van der Waals surface area contributed by atoms with Crippen molar-refractivity contribution < 1.29 is 5.11 Å². The van der Waals surface area contributed by atoms with Gasteiger partial charge in [-0.25, -0.2) is 0 Å². The number of aliphatic hydroxyl groups is 1. The first kappa shape index (κ1) is 10.0. The SMILES string of the molecule is C=C(CS)CN(C)CCO. The number of hydrogen-bond donors (Lipinski definition) is 2. The Balaban J connectivity index is 3.37. The van der Waals surface area contributed by atoms with Gasteiger partial charge in [0.05, 0.1) is 6.61 Å². The molecule has 60 valence electrons. The highest BCUT2D eigenvalue weighted by Gasteiger charge is 1.97. The van der Waals surface area contributed by atoms with Crippen LogP contribution in [0.4, 0.5) is 0 Å². The van der Waals surface area contributed by atoms with Gasteiger partial charge in [0.15, 0.2) is 0 Å². The van der Waals surface area contributed by atoms with Gasteiger partial charge in [0.2, 0.25) is 0 Å². The molecule has 0 aromatic rings. The van der Waals surface area contributed by atoms with Crippen LogP contribution in [-0.4, -0.2) is 42.5 Å². The van der Waals surface area contributed by atoms with E-state index in [2.05, 4.69) is 19.2 Å². The third-order valence-electron chi connectivity index (χ3n) is 1.20. The molecule has 0 spiro atoms. The van der Waals surface area contributed by atoms with E-state index in [0.717, 1.165) is 17.9 Å². The van der Waals surface area contributed by atoms with Crippen molar-refractivity contribution in [2.24, 2.45) is 0 Å². The maximum Gasteiger partial charge on any atom is 0.0558 e. The predicted molar refractivity (Wildman–Crippen MR) is 47.6 cm³/mol. The fourth-order valence-corrected chi connectivity index (χ4v) is 0.781. The minimum Gasteiger partial charge on any atom is -0.395 e. The number of hydrogen-bond acceptors (Lipinski definition) is 3. The van der Waals surface area contributed by atoms with Crippen molar-refractivity contribution >= 4 is 12.6 Å². The Morgan fingerprint density at radius 3 is 2.70 bits per heavy atom. The molecular weight excluding hydrogens is 146 g/mol. The molecule has 10 heavy (non-hydrogen) atoms. The highest BCUT2D eigenvalue weighted by Crippen LogP contribution is 1.95. The van der Waals surface area contributed by atoms with E-state index in [0.29, 0.717) is 6.54 Å². The lowest BCUT2D eigenvalue weighted by Crippen LogP contribution is -2.24. The van der Waals surface area contributed by atoms with Gasteiger partial charge in [-0.3, -0.25) is 0 Å². The quantitative estimate of drug-likeness (QED) is 0.450. The molecule has 0 fully saturated rings. The van der Waals surface area contributed by atoms with Crippen LogP contribution in [0.25, 0.3) is 0 Å². The van der Waals surface area contributed by atoms with Crippen LogP contribution in [0, 0.1) is 0 Å². The van der Waals surface area contributed by atoms with E-state index in [-0.39, 0.29) is 6.61 Å². The number of nitrogens with zero attached hydrogens (tertiary/aromatic N) is 1. The van der Waals surface area contributed by atoms with Gasteiger partial charge in [0, 0.05) is 18.8 Å². The highest BCUT2D eigenvalue weighted by atomic mass is 32.1. The van der Waals surface area contributed by atoms with Crippen molar-refractivity contribution in [2.75, 3.05) is 32.5 Å². The molecule has 3 heteroatoms. The molecule has 2 nitrogen and oxygen atoms in total. The Labute approximate surface area is 67.9 Å². The van der Waals surface area contributed by atoms with Gasteiger partial charge < -0.3 is 10.0 Å². The van der Waals surface area contributed by atoms with Gasteiger partial charge >= 0.3 is 0 Å². The molecule has 0 radical (unpaired) electrons. The third kappa shape index (κ3) is 4.85. The van der Waals surface area contributed by atoms with Crippen molar-refractivity contribution in [1.82, 2.24) is 4.90 Å². The smallest absolute Gasteiger partial charge is 0.0558 e. The molecular formula is C7H15NOS. The summed E-state index contributed by atoms with van der Waals surface area (Å²) in [6.07, 6.45) is 0. The summed E-state index contributed by atoms with van der Waals surface area (Å²) < 4.78 is 0. The van der Waals surface area contributed by atoms with Crippen molar-refractivity contribution in [3.63, 3.8) is 0 Å². The molecule has 0 bridgehead atoms. The lowest BCUT2D eigenvalue weighted by Gasteiger charge is -2.15. The van der Waals surface area contributed by atoms with Crippen LogP contribution in [0.1, 0.15) is 0 Å². The topological polar surface area (TPSA) is 23.5 Å². The van der Waals surface area contributed by atoms with Crippen molar-refractivity contribution in [3.8, 4) is 0 Å². The summed E-state index contributed by atoms with van der Waals surface area (Å²) in [5.74, 6) is 0.718. The Morgan fingerprint density at radius 1 is 1.70 bits per heavy atom. The second kappa shape index (κ2) is 5.77. The van der Waals surface area contributed by atoms with E-state index < -0.39 is 0 Å². The molecule has 1 N–H and O–H groups in total. The molecule has 0 aliphatic carbocycles. The predicted octanol–water partition coefficient (Wildman–Crippen LogP) is 0.397.